The Morgan fingerprint density at radius 3 is 2.19 bits per heavy atom. The number of carbonyl (C=O) groups is 1. The molecular formula is C15H21NO5. The number of methoxy groups -OCH3 is 3. The SMILES string of the molecule is COc1cc(OC)c([C@@H]2NC(=O)OCC2(C)C)c(OC)c1. The van der Waals surface area contributed by atoms with Gasteiger partial charge in [-0.15, -0.1) is 0 Å². The summed E-state index contributed by atoms with van der Waals surface area (Å²) in [6.07, 6.45) is -0.445. The zero-order valence-electron chi connectivity index (χ0n) is 13.0. The first kappa shape index (κ1) is 15.3. The molecule has 116 valence electrons. The fourth-order valence-corrected chi connectivity index (χ4v) is 2.47. The Bertz CT molecular complexity index is 516. The fourth-order valence-electron chi connectivity index (χ4n) is 2.47. The van der Waals surface area contributed by atoms with E-state index in [2.05, 4.69) is 5.32 Å². The van der Waals surface area contributed by atoms with Gasteiger partial charge in [0.1, 0.15) is 23.9 Å². The van der Waals surface area contributed by atoms with Crippen LogP contribution in [0.25, 0.3) is 0 Å². The normalized spacial score (nSPS) is 20.2. The fraction of sp³-hybridized carbons (Fsp3) is 0.533. The summed E-state index contributed by atoms with van der Waals surface area (Å²) in [6, 6.07) is 3.26. The van der Waals surface area contributed by atoms with E-state index in [-0.39, 0.29) is 11.5 Å². The van der Waals surface area contributed by atoms with Crippen molar-refractivity contribution in [2.75, 3.05) is 27.9 Å². The van der Waals surface area contributed by atoms with Crippen molar-refractivity contribution in [3.8, 4) is 17.2 Å². The van der Waals surface area contributed by atoms with Crippen LogP contribution < -0.4 is 19.5 Å². The van der Waals surface area contributed by atoms with E-state index < -0.39 is 6.09 Å². The summed E-state index contributed by atoms with van der Waals surface area (Å²) in [7, 11) is 4.73. The maximum absolute atomic E-state index is 11.6. The number of cyclic esters (lactones) is 1. The average molecular weight is 295 g/mol. The molecule has 0 unspecified atom stereocenters. The maximum Gasteiger partial charge on any atom is 0.407 e. The van der Waals surface area contributed by atoms with Gasteiger partial charge in [-0.3, -0.25) is 0 Å². The lowest BCUT2D eigenvalue weighted by Gasteiger charge is -2.39. The first-order valence-corrected chi connectivity index (χ1v) is 6.66. The van der Waals surface area contributed by atoms with Crippen LogP contribution >= 0.6 is 0 Å². The third-order valence-electron chi connectivity index (χ3n) is 3.66. The van der Waals surface area contributed by atoms with Crippen LogP contribution in [0.3, 0.4) is 0 Å². The molecule has 6 nitrogen and oxygen atoms in total. The van der Waals surface area contributed by atoms with Crippen molar-refractivity contribution in [1.82, 2.24) is 5.32 Å². The van der Waals surface area contributed by atoms with E-state index in [0.717, 1.165) is 5.56 Å². The van der Waals surface area contributed by atoms with Gasteiger partial charge in [-0.1, -0.05) is 13.8 Å². The number of ether oxygens (including phenoxy) is 4. The monoisotopic (exact) mass is 295 g/mol. The molecule has 0 aromatic heterocycles. The predicted octanol–water partition coefficient (Wildman–Crippen LogP) is 2.52. The summed E-state index contributed by atoms with van der Waals surface area (Å²) in [6.45, 7) is 4.35. The van der Waals surface area contributed by atoms with E-state index >= 15 is 0 Å². The summed E-state index contributed by atoms with van der Waals surface area (Å²) in [5, 5.41) is 2.85. The number of nitrogens with one attached hydrogen (secondary N) is 1. The molecular weight excluding hydrogens is 274 g/mol. The minimum Gasteiger partial charge on any atom is -0.496 e. The second-order valence-corrected chi connectivity index (χ2v) is 5.59. The van der Waals surface area contributed by atoms with Crippen LogP contribution in [0.1, 0.15) is 25.5 Å². The standard InChI is InChI=1S/C15H21NO5/c1-15(2)8-21-14(17)16-13(15)12-10(19-4)6-9(18-3)7-11(12)20-5/h6-7,13H,8H2,1-5H3,(H,16,17)/t13-/m0/s1. The predicted molar refractivity (Wildman–Crippen MR) is 77.1 cm³/mol. The van der Waals surface area contributed by atoms with Crippen LogP contribution in [0.15, 0.2) is 12.1 Å². The lowest BCUT2D eigenvalue weighted by atomic mass is 9.79. The first-order chi connectivity index (χ1) is 9.92. The first-order valence-electron chi connectivity index (χ1n) is 6.66. The van der Waals surface area contributed by atoms with Gasteiger partial charge in [0.15, 0.2) is 0 Å². The largest absolute Gasteiger partial charge is 0.496 e. The van der Waals surface area contributed by atoms with Gasteiger partial charge in [0.2, 0.25) is 0 Å². The lowest BCUT2D eigenvalue weighted by molar-refractivity contribution is 0.0374. The molecule has 1 fully saturated rings. The number of rotatable bonds is 4. The molecule has 1 aliphatic heterocycles. The van der Waals surface area contributed by atoms with Crippen LogP contribution in [0.2, 0.25) is 0 Å². The smallest absolute Gasteiger partial charge is 0.407 e. The Balaban J connectivity index is 2.57. The Morgan fingerprint density at radius 2 is 1.71 bits per heavy atom. The van der Waals surface area contributed by atoms with Crippen molar-refractivity contribution < 1.29 is 23.7 Å². The number of amides is 1. The topological polar surface area (TPSA) is 66.0 Å². The molecule has 0 bridgehead atoms. The van der Waals surface area contributed by atoms with Crippen LogP contribution in [0, 0.1) is 5.41 Å². The number of benzene rings is 1. The minimum absolute atomic E-state index is 0.283. The van der Waals surface area contributed by atoms with Gasteiger partial charge in [0.25, 0.3) is 0 Å². The highest BCUT2D eigenvalue weighted by Crippen LogP contribution is 2.46. The quantitative estimate of drug-likeness (QED) is 0.924. The summed E-state index contributed by atoms with van der Waals surface area (Å²) in [5.41, 5.74) is 0.478. The van der Waals surface area contributed by atoms with E-state index in [1.807, 2.05) is 13.8 Å². The van der Waals surface area contributed by atoms with E-state index in [1.165, 1.54) is 0 Å². The molecule has 1 saturated heterocycles. The Kier molecular flexibility index (Phi) is 4.16. The molecule has 0 spiro atoms. The van der Waals surface area contributed by atoms with Gasteiger partial charge in [-0.05, 0) is 0 Å². The molecule has 6 heteroatoms. The van der Waals surface area contributed by atoms with Gasteiger partial charge in [0, 0.05) is 17.5 Å². The van der Waals surface area contributed by atoms with Crippen LogP contribution in [0.4, 0.5) is 4.79 Å². The molecule has 1 N–H and O–H groups in total. The van der Waals surface area contributed by atoms with Gasteiger partial charge < -0.3 is 24.3 Å². The summed E-state index contributed by atoms with van der Waals surface area (Å²) >= 11 is 0. The van der Waals surface area contributed by atoms with Crippen LogP contribution in [-0.4, -0.2) is 34.0 Å². The lowest BCUT2D eigenvalue weighted by Crippen LogP contribution is -2.47. The molecule has 2 rings (SSSR count). The third kappa shape index (κ3) is 2.84. The van der Waals surface area contributed by atoms with Crippen molar-refractivity contribution >= 4 is 6.09 Å². The highest BCUT2D eigenvalue weighted by molar-refractivity contribution is 5.70. The highest BCUT2D eigenvalue weighted by atomic mass is 16.6. The molecule has 0 radical (unpaired) electrons. The summed E-state index contributed by atoms with van der Waals surface area (Å²) in [5.74, 6) is 1.83. The second-order valence-electron chi connectivity index (χ2n) is 5.59. The van der Waals surface area contributed by atoms with Crippen LogP contribution in [-0.2, 0) is 4.74 Å². The minimum atomic E-state index is -0.445. The van der Waals surface area contributed by atoms with Crippen molar-refractivity contribution in [3.63, 3.8) is 0 Å². The molecule has 1 aromatic carbocycles. The summed E-state index contributed by atoms with van der Waals surface area (Å²) in [4.78, 5) is 11.6. The zero-order valence-corrected chi connectivity index (χ0v) is 13.0. The molecule has 0 aliphatic carbocycles. The van der Waals surface area contributed by atoms with Gasteiger partial charge >= 0.3 is 6.09 Å². The zero-order chi connectivity index (χ0) is 15.6. The number of hydrogen-bond donors (Lipinski definition) is 1. The van der Waals surface area contributed by atoms with Crippen molar-refractivity contribution in [1.29, 1.82) is 0 Å². The summed E-state index contributed by atoms with van der Waals surface area (Å²) < 4.78 is 21.2. The maximum atomic E-state index is 11.6. The molecule has 1 atom stereocenters. The van der Waals surface area contributed by atoms with Crippen molar-refractivity contribution in [2.45, 2.75) is 19.9 Å². The average Bonchev–Trinajstić information content (AvgIpc) is 2.48. The molecule has 1 aromatic rings. The molecule has 0 saturated carbocycles. The molecule has 21 heavy (non-hydrogen) atoms. The van der Waals surface area contributed by atoms with E-state index in [4.69, 9.17) is 18.9 Å². The van der Waals surface area contributed by atoms with Crippen molar-refractivity contribution in [3.05, 3.63) is 17.7 Å². The van der Waals surface area contributed by atoms with E-state index in [9.17, 15) is 4.79 Å². The van der Waals surface area contributed by atoms with E-state index in [0.29, 0.717) is 23.9 Å². The highest BCUT2D eigenvalue weighted by Gasteiger charge is 2.41. The molecule has 1 heterocycles. The number of alkyl carbamates (subject to hydrolysis) is 1. The molecule has 1 aliphatic rings. The number of carbonyl (C=O) groups excluding carboxylic acids is 1. The Labute approximate surface area is 124 Å². The Hall–Kier alpha value is -2.11. The number of hydrogen-bond acceptors (Lipinski definition) is 5. The molecule has 1 amide bonds. The Morgan fingerprint density at radius 1 is 1.14 bits per heavy atom. The van der Waals surface area contributed by atoms with Gasteiger partial charge in [-0.25, -0.2) is 4.79 Å². The third-order valence-corrected chi connectivity index (χ3v) is 3.66. The van der Waals surface area contributed by atoms with Gasteiger partial charge in [0.05, 0.1) is 32.9 Å². The second kappa shape index (κ2) is 5.71. The van der Waals surface area contributed by atoms with E-state index in [1.54, 1.807) is 33.5 Å². The van der Waals surface area contributed by atoms with Crippen molar-refractivity contribution in [2.24, 2.45) is 5.41 Å². The van der Waals surface area contributed by atoms with Gasteiger partial charge in [-0.2, -0.15) is 0 Å². The van der Waals surface area contributed by atoms with Crippen LogP contribution in [0.5, 0.6) is 17.2 Å².